The molecule has 3 aromatic carbocycles. The number of nitrogens with zero attached hydrogens (tertiary/aromatic N) is 2. The summed E-state index contributed by atoms with van der Waals surface area (Å²) in [5, 5.41) is 23.1. The summed E-state index contributed by atoms with van der Waals surface area (Å²) >= 11 is 0. The highest BCUT2D eigenvalue weighted by Gasteiger charge is 2.16. The van der Waals surface area contributed by atoms with Gasteiger partial charge in [-0.3, -0.25) is 14.9 Å². The molecule has 9 nitrogen and oxygen atoms in total. The highest BCUT2D eigenvalue weighted by atomic mass is 16.6. The van der Waals surface area contributed by atoms with Gasteiger partial charge < -0.3 is 14.8 Å². The van der Waals surface area contributed by atoms with E-state index in [2.05, 4.69) is 5.32 Å². The number of nitro benzene ring substituents is 1. The van der Waals surface area contributed by atoms with E-state index < -0.39 is 16.8 Å². The Morgan fingerprint density at radius 3 is 2.42 bits per heavy atom. The van der Waals surface area contributed by atoms with Crippen LogP contribution in [0.1, 0.15) is 34.0 Å². The maximum Gasteiger partial charge on any atom is 0.343 e. The average molecular weight is 485 g/mol. The van der Waals surface area contributed by atoms with Gasteiger partial charge in [-0.15, -0.1) is 0 Å². The number of nitrogens with one attached hydrogen (secondary N) is 1. The van der Waals surface area contributed by atoms with Gasteiger partial charge in [0.2, 0.25) is 0 Å². The molecule has 0 unspecified atom stereocenters. The van der Waals surface area contributed by atoms with Crippen molar-refractivity contribution >= 4 is 29.3 Å². The number of hydrogen-bond donors (Lipinski definition) is 1. The molecule has 0 saturated carbocycles. The van der Waals surface area contributed by atoms with Crippen molar-refractivity contribution in [3.05, 3.63) is 98.6 Å². The van der Waals surface area contributed by atoms with E-state index in [9.17, 15) is 25.0 Å². The SMILES string of the molecule is CCOc1cc(/C=C(\C#N)C(=O)Nc2cc([N+](=O)[O-])ccc2C)ccc1OC(=O)c1ccc(C)cc1. The van der Waals surface area contributed by atoms with Crippen LogP contribution in [0.2, 0.25) is 0 Å². The number of non-ortho nitro benzene ring substituents is 1. The first kappa shape index (κ1) is 25.6. The summed E-state index contributed by atoms with van der Waals surface area (Å²) in [5.41, 5.74) is 2.26. The second-order valence-corrected chi connectivity index (χ2v) is 7.78. The van der Waals surface area contributed by atoms with Gasteiger partial charge in [-0.05, 0) is 62.2 Å². The van der Waals surface area contributed by atoms with E-state index in [1.165, 1.54) is 30.3 Å². The van der Waals surface area contributed by atoms with Crippen LogP contribution in [0.5, 0.6) is 11.5 Å². The first-order valence-electron chi connectivity index (χ1n) is 11.0. The molecule has 1 amide bonds. The Labute approximate surface area is 207 Å². The van der Waals surface area contributed by atoms with Crippen molar-refractivity contribution < 1.29 is 24.0 Å². The lowest BCUT2D eigenvalue weighted by molar-refractivity contribution is -0.384. The van der Waals surface area contributed by atoms with Gasteiger partial charge in [-0.1, -0.05) is 29.8 Å². The third-order valence-corrected chi connectivity index (χ3v) is 5.11. The maximum atomic E-state index is 12.7. The summed E-state index contributed by atoms with van der Waals surface area (Å²) in [6.07, 6.45) is 1.34. The van der Waals surface area contributed by atoms with E-state index in [0.717, 1.165) is 5.56 Å². The average Bonchev–Trinajstić information content (AvgIpc) is 2.85. The molecule has 0 aromatic heterocycles. The molecule has 1 N–H and O–H groups in total. The zero-order chi connectivity index (χ0) is 26.2. The van der Waals surface area contributed by atoms with Crippen molar-refractivity contribution in [3.8, 4) is 17.6 Å². The number of amides is 1. The molecule has 182 valence electrons. The van der Waals surface area contributed by atoms with Crippen LogP contribution in [-0.4, -0.2) is 23.4 Å². The summed E-state index contributed by atoms with van der Waals surface area (Å²) in [7, 11) is 0. The van der Waals surface area contributed by atoms with Crippen LogP contribution in [-0.2, 0) is 4.79 Å². The lowest BCUT2D eigenvalue weighted by Gasteiger charge is -2.12. The summed E-state index contributed by atoms with van der Waals surface area (Å²) in [5.74, 6) is -0.828. The molecular formula is C27H23N3O6. The second-order valence-electron chi connectivity index (χ2n) is 7.78. The summed E-state index contributed by atoms with van der Waals surface area (Å²) in [4.78, 5) is 35.7. The highest BCUT2D eigenvalue weighted by molar-refractivity contribution is 6.10. The standard InChI is InChI=1S/C27H23N3O6/c1-4-35-25-14-19(8-12-24(25)36-27(32)20-9-5-17(2)6-10-20)13-21(16-28)26(31)29-23-15-22(30(33)34)11-7-18(23)3/h5-15H,4H2,1-3H3,(H,29,31)/b21-13+. The van der Waals surface area contributed by atoms with Crippen LogP contribution in [0, 0.1) is 35.3 Å². The fourth-order valence-electron chi connectivity index (χ4n) is 3.18. The number of hydrogen-bond acceptors (Lipinski definition) is 7. The summed E-state index contributed by atoms with van der Waals surface area (Å²) < 4.78 is 11.1. The van der Waals surface area contributed by atoms with E-state index in [1.807, 2.05) is 13.0 Å². The van der Waals surface area contributed by atoms with Gasteiger partial charge in [-0.25, -0.2) is 4.79 Å². The Bertz CT molecular complexity index is 1390. The predicted molar refractivity (Wildman–Crippen MR) is 134 cm³/mol. The van der Waals surface area contributed by atoms with Gasteiger partial charge in [0, 0.05) is 12.1 Å². The molecule has 0 aliphatic rings. The number of rotatable bonds is 8. The summed E-state index contributed by atoms with van der Waals surface area (Å²) in [6, 6.07) is 17.5. The van der Waals surface area contributed by atoms with E-state index >= 15 is 0 Å². The van der Waals surface area contributed by atoms with E-state index in [0.29, 0.717) is 23.3 Å². The monoisotopic (exact) mass is 485 g/mol. The highest BCUT2D eigenvalue weighted by Crippen LogP contribution is 2.30. The molecular weight excluding hydrogens is 462 g/mol. The number of anilines is 1. The van der Waals surface area contributed by atoms with Crippen molar-refractivity contribution in [2.24, 2.45) is 0 Å². The lowest BCUT2D eigenvalue weighted by Crippen LogP contribution is -2.14. The minimum absolute atomic E-state index is 0.185. The molecule has 0 saturated heterocycles. The van der Waals surface area contributed by atoms with Gasteiger partial charge in [0.05, 0.1) is 22.8 Å². The molecule has 0 heterocycles. The lowest BCUT2D eigenvalue weighted by atomic mass is 10.1. The quantitative estimate of drug-likeness (QED) is 0.113. The number of nitro groups is 1. The van der Waals surface area contributed by atoms with Crippen molar-refractivity contribution in [3.63, 3.8) is 0 Å². The molecule has 0 radical (unpaired) electrons. The maximum absolute atomic E-state index is 12.7. The van der Waals surface area contributed by atoms with Crippen LogP contribution in [0.25, 0.3) is 6.08 Å². The summed E-state index contributed by atoms with van der Waals surface area (Å²) in [6.45, 7) is 5.65. The fraction of sp³-hybridized carbons (Fsp3) is 0.148. The Morgan fingerprint density at radius 1 is 1.06 bits per heavy atom. The number of benzene rings is 3. The zero-order valence-corrected chi connectivity index (χ0v) is 19.9. The molecule has 3 aromatic rings. The first-order valence-corrected chi connectivity index (χ1v) is 11.0. The van der Waals surface area contributed by atoms with Crippen molar-refractivity contribution in [2.75, 3.05) is 11.9 Å². The van der Waals surface area contributed by atoms with Crippen LogP contribution in [0.15, 0.2) is 66.2 Å². The first-order chi connectivity index (χ1) is 17.2. The zero-order valence-electron chi connectivity index (χ0n) is 19.9. The third-order valence-electron chi connectivity index (χ3n) is 5.11. The Morgan fingerprint density at radius 2 is 1.78 bits per heavy atom. The van der Waals surface area contributed by atoms with Gasteiger partial charge in [0.25, 0.3) is 11.6 Å². The van der Waals surface area contributed by atoms with Crippen LogP contribution >= 0.6 is 0 Å². The number of nitriles is 1. The van der Waals surface area contributed by atoms with Crippen LogP contribution in [0.4, 0.5) is 11.4 Å². The van der Waals surface area contributed by atoms with Gasteiger partial charge in [-0.2, -0.15) is 5.26 Å². The van der Waals surface area contributed by atoms with Crippen molar-refractivity contribution in [1.82, 2.24) is 0 Å². The third kappa shape index (κ3) is 6.33. The normalized spacial score (nSPS) is 10.8. The van der Waals surface area contributed by atoms with Crippen LogP contribution < -0.4 is 14.8 Å². The molecule has 0 spiro atoms. The minimum Gasteiger partial charge on any atom is -0.490 e. The molecule has 0 aliphatic carbocycles. The Kier molecular flexibility index (Phi) is 8.15. The Hall–Kier alpha value is -4.97. The topological polar surface area (TPSA) is 132 Å². The number of esters is 1. The Balaban J connectivity index is 1.84. The van der Waals surface area contributed by atoms with Crippen molar-refractivity contribution in [2.45, 2.75) is 20.8 Å². The predicted octanol–water partition coefficient (Wildman–Crippen LogP) is 5.38. The van der Waals surface area contributed by atoms with E-state index in [-0.39, 0.29) is 28.4 Å². The number of aryl methyl sites for hydroxylation is 2. The fourth-order valence-corrected chi connectivity index (χ4v) is 3.18. The molecule has 0 aliphatic heterocycles. The smallest absolute Gasteiger partial charge is 0.343 e. The number of ether oxygens (including phenoxy) is 2. The van der Waals surface area contributed by atoms with Crippen LogP contribution in [0.3, 0.4) is 0 Å². The van der Waals surface area contributed by atoms with E-state index in [1.54, 1.807) is 50.2 Å². The number of carbonyl (C=O) groups excluding carboxylic acids is 2. The van der Waals surface area contributed by atoms with Crippen molar-refractivity contribution in [1.29, 1.82) is 5.26 Å². The van der Waals surface area contributed by atoms with E-state index in [4.69, 9.17) is 9.47 Å². The van der Waals surface area contributed by atoms with Gasteiger partial charge in [0.15, 0.2) is 11.5 Å². The largest absolute Gasteiger partial charge is 0.490 e. The minimum atomic E-state index is -0.728. The number of carbonyl (C=O) groups is 2. The van der Waals surface area contributed by atoms with Gasteiger partial charge in [0.1, 0.15) is 11.6 Å². The molecule has 0 fully saturated rings. The van der Waals surface area contributed by atoms with Gasteiger partial charge >= 0.3 is 5.97 Å². The molecule has 3 rings (SSSR count). The molecule has 36 heavy (non-hydrogen) atoms. The second kappa shape index (κ2) is 11.4. The molecule has 0 atom stereocenters. The molecule has 0 bridgehead atoms. The molecule has 9 heteroatoms.